The van der Waals surface area contributed by atoms with Crippen molar-refractivity contribution < 1.29 is 4.79 Å². The quantitative estimate of drug-likeness (QED) is 0.678. The molecule has 0 radical (unpaired) electrons. The Morgan fingerprint density at radius 2 is 2.33 bits per heavy atom. The van der Waals surface area contributed by atoms with Crippen molar-refractivity contribution in [3.8, 4) is 0 Å². The Labute approximate surface area is 87.3 Å². The third-order valence-electron chi connectivity index (χ3n) is 2.83. The summed E-state index contributed by atoms with van der Waals surface area (Å²) in [7, 11) is 1.78. The molecule has 5 nitrogen and oxygen atoms in total. The minimum atomic E-state index is -0.0715. The first-order chi connectivity index (χ1) is 7.18. The summed E-state index contributed by atoms with van der Waals surface area (Å²) in [6.07, 6.45) is 4.38. The van der Waals surface area contributed by atoms with Crippen molar-refractivity contribution in [3.05, 3.63) is 28.9 Å². The number of nitrogens with zero attached hydrogens (tertiary/aromatic N) is 3. The van der Waals surface area contributed by atoms with Gasteiger partial charge >= 0.3 is 0 Å². The third-order valence-corrected chi connectivity index (χ3v) is 2.83. The van der Waals surface area contributed by atoms with Crippen LogP contribution in [0, 0.1) is 0 Å². The molecule has 1 fully saturated rings. The minimum absolute atomic E-state index is 0.0715. The SMILES string of the molecule is CN1C(=O)CCC1Cn1cnccc1=O. The lowest BCUT2D eigenvalue weighted by Gasteiger charge is -2.20. The lowest BCUT2D eigenvalue weighted by atomic mass is 10.2. The van der Waals surface area contributed by atoms with Crippen molar-refractivity contribution >= 4 is 5.91 Å². The molecule has 1 aliphatic heterocycles. The lowest BCUT2D eigenvalue weighted by molar-refractivity contribution is -0.127. The van der Waals surface area contributed by atoms with E-state index in [1.807, 2.05) is 0 Å². The van der Waals surface area contributed by atoms with Gasteiger partial charge in [0.1, 0.15) is 0 Å². The van der Waals surface area contributed by atoms with Gasteiger partial charge in [0.05, 0.1) is 6.33 Å². The first-order valence-electron chi connectivity index (χ1n) is 4.94. The van der Waals surface area contributed by atoms with Crippen molar-refractivity contribution in [2.24, 2.45) is 0 Å². The topological polar surface area (TPSA) is 55.2 Å². The number of carbonyl (C=O) groups excluding carboxylic acids is 1. The van der Waals surface area contributed by atoms with E-state index in [-0.39, 0.29) is 17.5 Å². The summed E-state index contributed by atoms with van der Waals surface area (Å²) in [5.41, 5.74) is -0.0715. The predicted molar refractivity (Wildman–Crippen MR) is 54.3 cm³/mol. The van der Waals surface area contributed by atoms with E-state index in [0.29, 0.717) is 13.0 Å². The van der Waals surface area contributed by atoms with E-state index in [1.165, 1.54) is 18.6 Å². The summed E-state index contributed by atoms with van der Waals surface area (Å²) in [6.45, 7) is 0.537. The Balaban J connectivity index is 2.13. The monoisotopic (exact) mass is 207 g/mol. The average Bonchev–Trinajstić information content (AvgIpc) is 2.53. The molecule has 0 bridgehead atoms. The van der Waals surface area contributed by atoms with Gasteiger partial charge in [-0.3, -0.25) is 14.2 Å². The van der Waals surface area contributed by atoms with Crippen LogP contribution in [-0.4, -0.2) is 33.4 Å². The molecule has 0 saturated carbocycles. The molecular formula is C10H13N3O2. The van der Waals surface area contributed by atoms with Gasteiger partial charge < -0.3 is 4.90 Å². The van der Waals surface area contributed by atoms with Gasteiger partial charge in [0.25, 0.3) is 5.56 Å². The highest BCUT2D eigenvalue weighted by atomic mass is 16.2. The number of hydrogen-bond donors (Lipinski definition) is 0. The Morgan fingerprint density at radius 1 is 1.53 bits per heavy atom. The van der Waals surface area contributed by atoms with Crippen LogP contribution in [0.2, 0.25) is 0 Å². The highest BCUT2D eigenvalue weighted by molar-refractivity contribution is 5.78. The Bertz CT molecular complexity index is 427. The maximum atomic E-state index is 11.4. The van der Waals surface area contributed by atoms with E-state index in [4.69, 9.17) is 0 Å². The van der Waals surface area contributed by atoms with E-state index in [9.17, 15) is 9.59 Å². The van der Waals surface area contributed by atoms with Gasteiger partial charge in [0.2, 0.25) is 5.91 Å². The maximum absolute atomic E-state index is 11.4. The van der Waals surface area contributed by atoms with Gasteiger partial charge in [-0.2, -0.15) is 0 Å². The average molecular weight is 207 g/mol. The molecule has 1 atom stereocenters. The molecule has 5 heteroatoms. The van der Waals surface area contributed by atoms with Crippen molar-refractivity contribution in [2.45, 2.75) is 25.4 Å². The fourth-order valence-corrected chi connectivity index (χ4v) is 1.82. The van der Waals surface area contributed by atoms with E-state index in [0.717, 1.165) is 6.42 Å². The number of rotatable bonds is 2. The molecule has 1 aliphatic rings. The number of carbonyl (C=O) groups is 1. The third kappa shape index (κ3) is 1.91. The fraction of sp³-hybridized carbons (Fsp3) is 0.500. The Hall–Kier alpha value is -1.65. The summed E-state index contributed by atoms with van der Waals surface area (Å²) in [5.74, 6) is 0.150. The predicted octanol–water partition coefficient (Wildman–Crippen LogP) is -0.136. The fourth-order valence-electron chi connectivity index (χ4n) is 1.82. The second-order valence-electron chi connectivity index (χ2n) is 3.77. The van der Waals surface area contributed by atoms with Crippen LogP contribution < -0.4 is 5.56 Å². The number of likely N-dealkylation sites (N-methyl/N-ethyl adjacent to an activating group) is 1. The summed E-state index contributed by atoms with van der Waals surface area (Å²) >= 11 is 0. The summed E-state index contributed by atoms with van der Waals surface area (Å²) in [4.78, 5) is 28.3. The lowest BCUT2D eigenvalue weighted by Crippen LogP contribution is -2.35. The number of amides is 1. The molecule has 15 heavy (non-hydrogen) atoms. The molecule has 1 aromatic rings. The van der Waals surface area contributed by atoms with Crippen molar-refractivity contribution in [2.75, 3.05) is 7.05 Å². The molecule has 1 aromatic heterocycles. The van der Waals surface area contributed by atoms with Crippen LogP contribution >= 0.6 is 0 Å². The second-order valence-corrected chi connectivity index (χ2v) is 3.77. The Kier molecular flexibility index (Phi) is 2.53. The number of hydrogen-bond acceptors (Lipinski definition) is 3. The highest BCUT2D eigenvalue weighted by Gasteiger charge is 2.27. The molecule has 0 aromatic carbocycles. The van der Waals surface area contributed by atoms with Crippen molar-refractivity contribution in [1.82, 2.24) is 14.5 Å². The molecule has 0 N–H and O–H groups in total. The first-order valence-corrected chi connectivity index (χ1v) is 4.94. The van der Waals surface area contributed by atoms with Gasteiger partial charge in [-0.25, -0.2) is 4.98 Å². The molecule has 80 valence electrons. The van der Waals surface area contributed by atoms with Crippen LogP contribution in [0.25, 0.3) is 0 Å². The Morgan fingerprint density at radius 3 is 2.93 bits per heavy atom. The van der Waals surface area contributed by atoms with Gasteiger partial charge in [-0.1, -0.05) is 0 Å². The van der Waals surface area contributed by atoms with Crippen LogP contribution in [-0.2, 0) is 11.3 Å². The van der Waals surface area contributed by atoms with Crippen LogP contribution in [0.4, 0.5) is 0 Å². The van der Waals surface area contributed by atoms with Gasteiger partial charge in [0, 0.05) is 38.3 Å². The maximum Gasteiger partial charge on any atom is 0.253 e. The normalized spacial score (nSPS) is 21.0. The van der Waals surface area contributed by atoms with Crippen LogP contribution in [0.15, 0.2) is 23.4 Å². The van der Waals surface area contributed by atoms with Gasteiger partial charge in [-0.15, -0.1) is 0 Å². The number of aromatic nitrogens is 2. The molecule has 0 aliphatic carbocycles. The summed E-state index contributed by atoms with van der Waals surface area (Å²) < 4.78 is 1.54. The van der Waals surface area contributed by atoms with Crippen LogP contribution in [0.3, 0.4) is 0 Å². The van der Waals surface area contributed by atoms with E-state index in [2.05, 4.69) is 4.98 Å². The van der Waals surface area contributed by atoms with E-state index >= 15 is 0 Å². The van der Waals surface area contributed by atoms with E-state index < -0.39 is 0 Å². The zero-order valence-electron chi connectivity index (χ0n) is 8.59. The largest absolute Gasteiger partial charge is 0.341 e. The molecule has 2 rings (SSSR count). The smallest absolute Gasteiger partial charge is 0.253 e. The van der Waals surface area contributed by atoms with E-state index in [1.54, 1.807) is 16.5 Å². The van der Waals surface area contributed by atoms with Gasteiger partial charge in [-0.05, 0) is 6.42 Å². The molecule has 2 heterocycles. The molecule has 1 amide bonds. The standard InChI is InChI=1S/C10H13N3O2/c1-12-8(2-3-9(12)14)6-13-7-11-5-4-10(13)15/h4-5,7-8H,2-3,6H2,1H3. The molecular weight excluding hydrogens is 194 g/mol. The van der Waals surface area contributed by atoms with Crippen molar-refractivity contribution in [1.29, 1.82) is 0 Å². The number of likely N-dealkylation sites (tertiary alicyclic amines) is 1. The van der Waals surface area contributed by atoms with Crippen molar-refractivity contribution in [3.63, 3.8) is 0 Å². The van der Waals surface area contributed by atoms with Crippen LogP contribution in [0.5, 0.6) is 0 Å². The molecule has 1 saturated heterocycles. The highest BCUT2D eigenvalue weighted by Crippen LogP contribution is 2.17. The zero-order chi connectivity index (χ0) is 10.8. The summed E-state index contributed by atoms with van der Waals surface area (Å²) in [5, 5.41) is 0. The minimum Gasteiger partial charge on any atom is -0.341 e. The van der Waals surface area contributed by atoms with Gasteiger partial charge in [0.15, 0.2) is 0 Å². The molecule has 1 unspecified atom stereocenters. The summed E-state index contributed by atoms with van der Waals surface area (Å²) in [6, 6.07) is 1.55. The second kappa shape index (κ2) is 3.84. The first kappa shape index (κ1) is 9.89. The van der Waals surface area contributed by atoms with Crippen LogP contribution in [0.1, 0.15) is 12.8 Å². The zero-order valence-corrected chi connectivity index (χ0v) is 8.59. The molecule has 0 spiro atoms.